The van der Waals surface area contributed by atoms with Gasteiger partial charge in [-0.05, 0) is 0 Å². The zero-order valence-corrected chi connectivity index (χ0v) is 5.86. The van der Waals surface area contributed by atoms with Crippen molar-refractivity contribution in [3.63, 3.8) is 0 Å². The summed E-state index contributed by atoms with van der Waals surface area (Å²) in [4.78, 5) is 3.55. The lowest BCUT2D eigenvalue weighted by Crippen LogP contribution is -1.92. The third-order valence-corrected chi connectivity index (χ3v) is 1.37. The van der Waals surface area contributed by atoms with E-state index < -0.39 is 0 Å². The summed E-state index contributed by atoms with van der Waals surface area (Å²) >= 11 is 0. The molecule has 0 aromatic carbocycles. The van der Waals surface area contributed by atoms with Crippen molar-refractivity contribution in [2.24, 2.45) is 0 Å². The smallest absolute Gasteiger partial charge is 0.140 e. The zero-order chi connectivity index (χ0) is 8.27. The Kier molecular flexibility index (Phi) is 2.28. The highest BCUT2D eigenvalue weighted by Gasteiger charge is 2.05. The van der Waals surface area contributed by atoms with Gasteiger partial charge >= 0.3 is 0 Å². The zero-order valence-electron chi connectivity index (χ0n) is 5.86. The number of aliphatic hydroxyl groups is 1. The van der Waals surface area contributed by atoms with E-state index in [1.165, 1.54) is 12.4 Å². The number of pyridine rings is 1. The SMILES string of the molecule is OCCc1c(O)cncc1O. The van der Waals surface area contributed by atoms with Gasteiger partial charge in [0.25, 0.3) is 0 Å². The van der Waals surface area contributed by atoms with E-state index in [4.69, 9.17) is 15.3 Å². The summed E-state index contributed by atoms with van der Waals surface area (Å²) in [6.45, 7) is -0.106. The predicted octanol–water partition coefficient (Wildman–Crippen LogP) is 0.0276. The molecule has 0 amide bonds. The molecule has 0 aliphatic heterocycles. The lowest BCUT2D eigenvalue weighted by atomic mass is 10.2. The molecule has 0 saturated heterocycles. The van der Waals surface area contributed by atoms with Crippen molar-refractivity contribution in [3.8, 4) is 11.5 Å². The minimum Gasteiger partial charge on any atom is -0.506 e. The molecule has 4 heteroatoms. The molecule has 4 nitrogen and oxygen atoms in total. The second kappa shape index (κ2) is 3.21. The fraction of sp³-hybridized carbons (Fsp3) is 0.286. The van der Waals surface area contributed by atoms with Crippen LogP contribution in [0.4, 0.5) is 0 Å². The van der Waals surface area contributed by atoms with E-state index in [9.17, 15) is 0 Å². The van der Waals surface area contributed by atoms with Crippen molar-refractivity contribution < 1.29 is 15.3 Å². The number of aromatic nitrogens is 1. The fourth-order valence-corrected chi connectivity index (χ4v) is 0.833. The van der Waals surface area contributed by atoms with Crippen LogP contribution in [0.5, 0.6) is 11.5 Å². The van der Waals surface area contributed by atoms with Gasteiger partial charge < -0.3 is 15.3 Å². The minimum atomic E-state index is -0.106. The quantitative estimate of drug-likeness (QED) is 0.563. The maximum atomic E-state index is 9.09. The van der Waals surface area contributed by atoms with Crippen LogP contribution in [0.2, 0.25) is 0 Å². The third kappa shape index (κ3) is 1.59. The molecular weight excluding hydrogens is 146 g/mol. The molecule has 0 bridgehead atoms. The third-order valence-electron chi connectivity index (χ3n) is 1.37. The van der Waals surface area contributed by atoms with Crippen molar-refractivity contribution in [1.82, 2.24) is 4.98 Å². The van der Waals surface area contributed by atoms with E-state index in [0.717, 1.165) is 0 Å². The number of hydrogen-bond acceptors (Lipinski definition) is 4. The van der Waals surface area contributed by atoms with Gasteiger partial charge in [0.05, 0.1) is 12.4 Å². The molecule has 0 spiro atoms. The van der Waals surface area contributed by atoms with E-state index in [-0.39, 0.29) is 24.5 Å². The van der Waals surface area contributed by atoms with Crippen LogP contribution in [0.1, 0.15) is 5.56 Å². The number of aromatic hydroxyl groups is 2. The molecule has 11 heavy (non-hydrogen) atoms. The maximum Gasteiger partial charge on any atom is 0.140 e. The Labute approximate surface area is 63.8 Å². The van der Waals surface area contributed by atoms with Crippen LogP contribution in [0.25, 0.3) is 0 Å². The van der Waals surface area contributed by atoms with Gasteiger partial charge in [-0.2, -0.15) is 0 Å². The van der Waals surface area contributed by atoms with E-state index in [0.29, 0.717) is 5.56 Å². The standard InChI is InChI=1S/C7H9NO3/c9-2-1-5-6(10)3-8-4-7(5)11/h3-4,9-11H,1-2H2. The van der Waals surface area contributed by atoms with Crippen molar-refractivity contribution in [2.75, 3.05) is 6.61 Å². The van der Waals surface area contributed by atoms with E-state index in [1.54, 1.807) is 0 Å². The summed E-state index contributed by atoms with van der Waals surface area (Å²) in [7, 11) is 0. The van der Waals surface area contributed by atoms with E-state index in [2.05, 4.69) is 4.98 Å². The first-order valence-corrected chi connectivity index (χ1v) is 3.21. The molecule has 3 N–H and O–H groups in total. The first-order valence-electron chi connectivity index (χ1n) is 3.21. The molecule has 1 rings (SSSR count). The molecule has 0 fully saturated rings. The van der Waals surface area contributed by atoms with Crippen molar-refractivity contribution in [3.05, 3.63) is 18.0 Å². The van der Waals surface area contributed by atoms with Gasteiger partial charge in [-0.25, -0.2) is 0 Å². The molecule has 0 aliphatic carbocycles. The second-order valence-corrected chi connectivity index (χ2v) is 2.13. The molecular formula is C7H9NO3. The Bertz CT molecular complexity index is 229. The predicted molar refractivity (Wildman–Crippen MR) is 38.4 cm³/mol. The Morgan fingerprint density at radius 1 is 1.18 bits per heavy atom. The minimum absolute atomic E-state index is 0.0842. The first kappa shape index (κ1) is 7.81. The maximum absolute atomic E-state index is 9.09. The molecule has 1 aromatic heterocycles. The fourth-order valence-electron chi connectivity index (χ4n) is 0.833. The summed E-state index contributed by atoms with van der Waals surface area (Å²) in [6, 6.07) is 0. The van der Waals surface area contributed by atoms with Crippen LogP contribution in [-0.2, 0) is 6.42 Å². The highest BCUT2D eigenvalue weighted by molar-refractivity contribution is 5.39. The van der Waals surface area contributed by atoms with Gasteiger partial charge in [0.2, 0.25) is 0 Å². The summed E-state index contributed by atoms with van der Waals surface area (Å²) in [5, 5.41) is 26.7. The van der Waals surface area contributed by atoms with Gasteiger partial charge in [0.1, 0.15) is 11.5 Å². The van der Waals surface area contributed by atoms with E-state index >= 15 is 0 Å². The van der Waals surface area contributed by atoms with Crippen LogP contribution in [0.15, 0.2) is 12.4 Å². The average Bonchev–Trinajstić information content (AvgIpc) is 1.97. The average molecular weight is 155 g/mol. The first-order chi connectivity index (χ1) is 5.25. The van der Waals surface area contributed by atoms with Gasteiger partial charge in [0.15, 0.2) is 0 Å². The molecule has 0 atom stereocenters. The highest BCUT2D eigenvalue weighted by atomic mass is 16.3. The van der Waals surface area contributed by atoms with Crippen molar-refractivity contribution >= 4 is 0 Å². The van der Waals surface area contributed by atoms with E-state index in [1.807, 2.05) is 0 Å². The molecule has 0 saturated carbocycles. The lowest BCUT2D eigenvalue weighted by Gasteiger charge is -2.02. The Morgan fingerprint density at radius 3 is 2.18 bits per heavy atom. The topological polar surface area (TPSA) is 73.6 Å². The second-order valence-electron chi connectivity index (χ2n) is 2.13. The Hall–Kier alpha value is -1.29. The van der Waals surface area contributed by atoms with Crippen LogP contribution in [-0.4, -0.2) is 26.9 Å². The summed E-state index contributed by atoms with van der Waals surface area (Å²) in [6.07, 6.45) is 2.69. The summed E-state index contributed by atoms with van der Waals surface area (Å²) in [5.74, 6) is -0.168. The van der Waals surface area contributed by atoms with Gasteiger partial charge in [-0.3, -0.25) is 4.98 Å². The van der Waals surface area contributed by atoms with Crippen LogP contribution < -0.4 is 0 Å². The van der Waals surface area contributed by atoms with Gasteiger partial charge in [0, 0.05) is 18.6 Å². The van der Waals surface area contributed by atoms with Crippen molar-refractivity contribution in [2.45, 2.75) is 6.42 Å². The normalized spacial score (nSPS) is 9.91. The summed E-state index contributed by atoms with van der Waals surface area (Å²) < 4.78 is 0. The van der Waals surface area contributed by atoms with Crippen LogP contribution in [0, 0.1) is 0 Å². The molecule has 1 heterocycles. The number of nitrogens with zero attached hydrogens (tertiary/aromatic N) is 1. The lowest BCUT2D eigenvalue weighted by molar-refractivity contribution is 0.294. The Balaban J connectivity index is 3.00. The molecule has 0 unspecified atom stereocenters. The molecule has 0 radical (unpaired) electrons. The monoisotopic (exact) mass is 155 g/mol. The highest BCUT2D eigenvalue weighted by Crippen LogP contribution is 2.24. The molecule has 60 valence electrons. The van der Waals surface area contributed by atoms with Crippen molar-refractivity contribution in [1.29, 1.82) is 0 Å². The number of aliphatic hydroxyl groups excluding tert-OH is 1. The van der Waals surface area contributed by atoms with Gasteiger partial charge in [-0.1, -0.05) is 0 Å². The largest absolute Gasteiger partial charge is 0.506 e. The number of rotatable bonds is 2. The molecule has 0 aliphatic rings. The van der Waals surface area contributed by atoms with Crippen LogP contribution in [0.3, 0.4) is 0 Å². The number of hydrogen-bond donors (Lipinski definition) is 3. The summed E-state index contributed by atoms with van der Waals surface area (Å²) in [5.41, 5.74) is 0.336. The Morgan fingerprint density at radius 2 is 1.73 bits per heavy atom. The van der Waals surface area contributed by atoms with Crippen LogP contribution >= 0.6 is 0 Å². The van der Waals surface area contributed by atoms with Gasteiger partial charge in [-0.15, -0.1) is 0 Å². The molecule has 1 aromatic rings.